The van der Waals surface area contributed by atoms with Crippen LogP contribution in [0.1, 0.15) is 25.0 Å². The standard InChI is InChI=1S/C35H33O4P/c1-26(2)23-27-13-17-29(18-14-27)39-30-19-15-28(16-20-30)25-38-31-21-22-34(36)35(24-31)40(37,32-9-5-3-6-10-32)33-11-7-4-8-12-33/h3-22,24,26,36H,23,25H2,1-2H3. The molecule has 0 atom stereocenters. The minimum Gasteiger partial charge on any atom is -0.507 e. The molecule has 0 saturated heterocycles. The van der Waals surface area contributed by atoms with Crippen LogP contribution in [-0.2, 0) is 17.6 Å². The number of aromatic hydroxyl groups is 1. The van der Waals surface area contributed by atoms with Gasteiger partial charge in [0.05, 0.1) is 5.30 Å². The topological polar surface area (TPSA) is 55.8 Å². The van der Waals surface area contributed by atoms with Crippen molar-refractivity contribution < 1.29 is 19.1 Å². The van der Waals surface area contributed by atoms with Crippen LogP contribution in [-0.4, -0.2) is 5.11 Å². The summed E-state index contributed by atoms with van der Waals surface area (Å²) in [6, 6.07) is 39.5. The molecule has 5 rings (SSSR count). The van der Waals surface area contributed by atoms with E-state index in [1.807, 2.05) is 97.1 Å². The summed E-state index contributed by atoms with van der Waals surface area (Å²) >= 11 is 0. The highest BCUT2D eigenvalue weighted by molar-refractivity contribution is 7.85. The molecule has 5 aromatic carbocycles. The van der Waals surface area contributed by atoms with Crippen LogP contribution in [0.5, 0.6) is 23.0 Å². The molecule has 0 aromatic heterocycles. The van der Waals surface area contributed by atoms with E-state index in [1.165, 1.54) is 5.56 Å². The quantitative estimate of drug-likeness (QED) is 0.183. The summed E-state index contributed by atoms with van der Waals surface area (Å²) in [5, 5.41) is 12.5. The largest absolute Gasteiger partial charge is 0.507 e. The molecule has 0 spiro atoms. The summed E-state index contributed by atoms with van der Waals surface area (Å²) in [4.78, 5) is 0. The Kier molecular flexibility index (Phi) is 8.38. The van der Waals surface area contributed by atoms with E-state index >= 15 is 0 Å². The minimum absolute atomic E-state index is 0.0258. The lowest BCUT2D eigenvalue weighted by molar-refractivity contribution is 0.306. The lowest BCUT2D eigenvalue weighted by Gasteiger charge is -2.21. The maximum absolute atomic E-state index is 14.7. The van der Waals surface area contributed by atoms with Crippen LogP contribution in [0.15, 0.2) is 127 Å². The Morgan fingerprint density at radius 1 is 0.650 bits per heavy atom. The van der Waals surface area contributed by atoms with E-state index in [2.05, 4.69) is 26.0 Å². The number of hydrogen-bond acceptors (Lipinski definition) is 4. The predicted molar refractivity (Wildman–Crippen MR) is 163 cm³/mol. The first-order valence-electron chi connectivity index (χ1n) is 13.5. The van der Waals surface area contributed by atoms with Gasteiger partial charge in [-0.1, -0.05) is 98.8 Å². The third kappa shape index (κ3) is 6.30. The molecule has 202 valence electrons. The number of rotatable bonds is 10. The molecule has 0 heterocycles. The van der Waals surface area contributed by atoms with Gasteiger partial charge in [0.15, 0.2) is 7.14 Å². The van der Waals surface area contributed by atoms with Crippen LogP contribution < -0.4 is 25.4 Å². The highest BCUT2D eigenvalue weighted by Gasteiger charge is 2.32. The van der Waals surface area contributed by atoms with Crippen molar-refractivity contribution in [2.24, 2.45) is 5.92 Å². The van der Waals surface area contributed by atoms with Crippen LogP contribution in [0.4, 0.5) is 0 Å². The van der Waals surface area contributed by atoms with Crippen LogP contribution >= 0.6 is 7.14 Å². The van der Waals surface area contributed by atoms with Crippen molar-refractivity contribution in [1.29, 1.82) is 0 Å². The summed E-state index contributed by atoms with van der Waals surface area (Å²) in [5.74, 6) is 2.67. The zero-order chi connectivity index (χ0) is 28.0. The average Bonchev–Trinajstić information content (AvgIpc) is 2.99. The van der Waals surface area contributed by atoms with Crippen molar-refractivity contribution in [3.05, 3.63) is 139 Å². The van der Waals surface area contributed by atoms with Gasteiger partial charge in [0, 0.05) is 10.6 Å². The van der Waals surface area contributed by atoms with Crippen LogP contribution in [0.25, 0.3) is 0 Å². The van der Waals surface area contributed by atoms with E-state index in [4.69, 9.17) is 9.47 Å². The number of ether oxygens (including phenoxy) is 2. The molecular weight excluding hydrogens is 515 g/mol. The smallest absolute Gasteiger partial charge is 0.174 e. The van der Waals surface area contributed by atoms with Crippen LogP contribution in [0.3, 0.4) is 0 Å². The monoisotopic (exact) mass is 548 g/mol. The molecule has 4 nitrogen and oxygen atoms in total. The third-order valence-electron chi connectivity index (χ3n) is 6.66. The van der Waals surface area contributed by atoms with E-state index in [0.29, 0.717) is 34.2 Å². The van der Waals surface area contributed by atoms with Crippen molar-refractivity contribution >= 4 is 23.1 Å². The van der Waals surface area contributed by atoms with Gasteiger partial charge in [0.25, 0.3) is 0 Å². The SMILES string of the molecule is CC(C)Cc1ccc(Oc2ccc(COc3ccc(O)c(P(=O)(c4ccccc4)c4ccccc4)c3)cc2)cc1. The summed E-state index contributed by atoms with van der Waals surface area (Å²) in [5.41, 5.74) is 2.26. The zero-order valence-electron chi connectivity index (χ0n) is 22.7. The second-order valence-electron chi connectivity index (χ2n) is 10.2. The van der Waals surface area contributed by atoms with Gasteiger partial charge < -0.3 is 19.1 Å². The molecule has 0 fully saturated rings. The molecule has 0 saturated carbocycles. The maximum atomic E-state index is 14.7. The molecule has 5 aromatic rings. The molecule has 1 N–H and O–H groups in total. The molecule has 0 amide bonds. The van der Waals surface area contributed by atoms with E-state index in [0.717, 1.165) is 23.5 Å². The van der Waals surface area contributed by atoms with Crippen molar-refractivity contribution in [2.75, 3.05) is 0 Å². The number of hydrogen-bond donors (Lipinski definition) is 1. The maximum Gasteiger partial charge on any atom is 0.174 e. The Morgan fingerprint density at radius 3 is 1.68 bits per heavy atom. The number of benzene rings is 5. The van der Waals surface area contributed by atoms with Gasteiger partial charge in [0.1, 0.15) is 29.6 Å². The lowest BCUT2D eigenvalue weighted by Crippen LogP contribution is -2.25. The molecule has 5 heteroatoms. The Morgan fingerprint density at radius 2 is 1.15 bits per heavy atom. The Balaban J connectivity index is 1.31. The Bertz CT molecular complexity index is 1540. The van der Waals surface area contributed by atoms with E-state index < -0.39 is 7.14 Å². The van der Waals surface area contributed by atoms with Gasteiger partial charge >= 0.3 is 0 Å². The van der Waals surface area contributed by atoms with E-state index in [9.17, 15) is 9.67 Å². The fourth-order valence-corrected chi connectivity index (χ4v) is 7.41. The minimum atomic E-state index is -3.33. The molecule has 0 bridgehead atoms. The lowest BCUT2D eigenvalue weighted by atomic mass is 10.0. The summed E-state index contributed by atoms with van der Waals surface area (Å²) < 4.78 is 26.8. The van der Waals surface area contributed by atoms with E-state index in [1.54, 1.807) is 18.2 Å². The van der Waals surface area contributed by atoms with Gasteiger partial charge in [0.2, 0.25) is 0 Å². The first-order chi connectivity index (χ1) is 19.4. The number of phenolic OH excluding ortho intramolecular Hbond substituents is 1. The highest BCUT2D eigenvalue weighted by Crippen LogP contribution is 2.45. The molecule has 0 aliphatic heterocycles. The summed E-state index contributed by atoms with van der Waals surface area (Å²) in [6.07, 6.45) is 1.05. The van der Waals surface area contributed by atoms with Gasteiger partial charge in [-0.25, -0.2) is 0 Å². The zero-order valence-corrected chi connectivity index (χ0v) is 23.6. The van der Waals surface area contributed by atoms with E-state index in [-0.39, 0.29) is 5.75 Å². The van der Waals surface area contributed by atoms with Crippen LogP contribution in [0, 0.1) is 5.92 Å². The second kappa shape index (κ2) is 12.3. The van der Waals surface area contributed by atoms with Gasteiger partial charge in [-0.15, -0.1) is 0 Å². The number of phenols is 1. The normalized spacial score (nSPS) is 11.4. The summed E-state index contributed by atoms with van der Waals surface area (Å²) in [6.45, 7) is 4.74. The van der Waals surface area contributed by atoms with Crippen molar-refractivity contribution in [3.8, 4) is 23.0 Å². The molecule has 0 unspecified atom stereocenters. The molecule has 0 aliphatic rings. The average molecular weight is 549 g/mol. The molecule has 0 radical (unpaired) electrons. The Hall–Kier alpha value is -4.27. The molecule has 0 aliphatic carbocycles. The third-order valence-corrected chi connectivity index (χ3v) is 9.75. The molecular formula is C35H33O4P. The van der Waals surface area contributed by atoms with Crippen molar-refractivity contribution in [3.63, 3.8) is 0 Å². The fraction of sp³-hybridized carbons (Fsp3) is 0.143. The summed E-state index contributed by atoms with van der Waals surface area (Å²) in [7, 11) is -3.33. The van der Waals surface area contributed by atoms with Gasteiger partial charge in [-0.3, -0.25) is 0 Å². The first-order valence-corrected chi connectivity index (χ1v) is 15.2. The van der Waals surface area contributed by atoms with Crippen molar-refractivity contribution in [2.45, 2.75) is 26.9 Å². The molecule has 40 heavy (non-hydrogen) atoms. The predicted octanol–water partition coefficient (Wildman–Crippen LogP) is 7.60. The Labute approximate surface area is 236 Å². The van der Waals surface area contributed by atoms with Gasteiger partial charge in [-0.05, 0) is 65.9 Å². The first kappa shape index (κ1) is 27.3. The van der Waals surface area contributed by atoms with Crippen LogP contribution in [0.2, 0.25) is 0 Å². The fourth-order valence-electron chi connectivity index (χ4n) is 4.67. The van der Waals surface area contributed by atoms with Gasteiger partial charge in [-0.2, -0.15) is 0 Å². The highest BCUT2D eigenvalue weighted by atomic mass is 31.2. The van der Waals surface area contributed by atoms with Crippen molar-refractivity contribution in [1.82, 2.24) is 0 Å². The second-order valence-corrected chi connectivity index (χ2v) is 12.9.